The first kappa shape index (κ1) is 11.6. The van der Waals surface area contributed by atoms with Crippen LogP contribution in [0.1, 0.15) is 0 Å². The van der Waals surface area contributed by atoms with Crippen LogP contribution < -0.4 is 10.2 Å². The summed E-state index contributed by atoms with van der Waals surface area (Å²) in [5.41, 5.74) is 2.66. The van der Waals surface area contributed by atoms with Crippen molar-refractivity contribution in [2.75, 3.05) is 22.6 Å². The van der Waals surface area contributed by atoms with Crippen LogP contribution in [-0.4, -0.2) is 17.8 Å². The van der Waals surface area contributed by atoms with Crippen LogP contribution >= 0.6 is 23.5 Å². The van der Waals surface area contributed by atoms with E-state index < -0.39 is 0 Å². The number of thioether (sulfide) groups is 2. The molecule has 2 aromatic carbocycles. The van der Waals surface area contributed by atoms with Crippen LogP contribution in [0.15, 0.2) is 58.3 Å². The molecule has 0 spiro atoms. The van der Waals surface area contributed by atoms with E-state index >= 15 is 0 Å². The molecule has 0 fully saturated rings. The highest BCUT2D eigenvalue weighted by Gasteiger charge is 2.26. The Hall–Kier alpha value is -1.26. The molecule has 2 aromatic rings. The summed E-state index contributed by atoms with van der Waals surface area (Å²) in [5, 5.41) is 4.05. The van der Waals surface area contributed by atoms with Crippen LogP contribution in [0.5, 0.6) is 0 Å². The van der Waals surface area contributed by atoms with Crippen molar-refractivity contribution >= 4 is 34.9 Å². The number of rotatable bonds is 2. The molecule has 2 nitrogen and oxygen atoms in total. The third-order valence-corrected chi connectivity index (χ3v) is 5.70. The Morgan fingerprint density at radius 2 is 1.84 bits per heavy atom. The maximum absolute atomic E-state index is 3.60. The molecule has 0 aliphatic carbocycles. The molecule has 0 aromatic heterocycles. The maximum atomic E-state index is 3.60. The first-order valence-corrected chi connectivity index (χ1v) is 8.26. The van der Waals surface area contributed by atoms with E-state index in [4.69, 9.17) is 0 Å². The predicted octanol–water partition coefficient (Wildman–Crippen LogP) is 4.10. The van der Waals surface area contributed by atoms with E-state index in [1.807, 2.05) is 23.5 Å². The second-order valence-corrected chi connectivity index (χ2v) is 6.94. The molecule has 4 rings (SSSR count). The van der Waals surface area contributed by atoms with Gasteiger partial charge in [0.1, 0.15) is 0 Å². The zero-order valence-corrected chi connectivity index (χ0v) is 12.0. The molecular weight excluding hydrogens is 272 g/mol. The van der Waals surface area contributed by atoms with E-state index in [0.29, 0.717) is 5.37 Å². The normalized spacial score (nSPS) is 20.0. The van der Waals surface area contributed by atoms with Gasteiger partial charge in [-0.1, -0.05) is 36.0 Å². The van der Waals surface area contributed by atoms with Gasteiger partial charge in [0.25, 0.3) is 0 Å². The molecule has 0 bridgehead atoms. The second-order valence-electron chi connectivity index (χ2n) is 4.71. The molecular formula is C15H14N2S2. The number of nitrogens with one attached hydrogen (secondary N) is 1. The Bertz CT molecular complexity index is 590. The third-order valence-electron chi connectivity index (χ3n) is 3.44. The minimum atomic E-state index is 0.448. The van der Waals surface area contributed by atoms with E-state index in [2.05, 4.69) is 58.7 Å². The summed E-state index contributed by atoms with van der Waals surface area (Å²) in [4.78, 5) is 5.24. The van der Waals surface area contributed by atoms with Crippen LogP contribution in [0.25, 0.3) is 0 Å². The zero-order chi connectivity index (χ0) is 12.7. The van der Waals surface area contributed by atoms with Crippen molar-refractivity contribution in [2.24, 2.45) is 0 Å². The highest BCUT2D eigenvalue weighted by molar-refractivity contribution is 8.00. The second kappa shape index (κ2) is 4.69. The number of nitrogens with zero attached hydrogens (tertiary/aromatic N) is 1. The summed E-state index contributed by atoms with van der Waals surface area (Å²) in [6, 6.07) is 17.2. The third kappa shape index (κ3) is 2.09. The Kier molecular flexibility index (Phi) is 2.85. The van der Waals surface area contributed by atoms with E-state index in [1.165, 1.54) is 21.2 Å². The number of hydrogen-bond acceptors (Lipinski definition) is 4. The molecule has 96 valence electrons. The molecule has 0 saturated carbocycles. The van der Waals surface area contributed by atoms with E-state index in [0.717, 1.165) is 12.4 Å². The largest absolute Gasteiger partial charge is 0.371 e. The number of fused-ring (bicyclic) bond motifs is 2. The molecule has 0 amide bonds. The molecule has 2 aliphatic heterocycles. The Balaban J connectivity index is 1.50. The van der Waals surface area contributed by atoms with Gasteiger partial charge in [0, 0.05) is 22.0 Å². The summed E-state index contributed by atoms with van der Waals surface area (Å²) >= 11 is 3.87. The first-order chi connectivity index (χ1) is 9.40. The quantitative estimate of drug-likeness (QED) is 0.893. The lowest BCUT2D eigenvalue weighted by Gasteiger charge is -2.22. The van der Waals surface area contributed by atoms with Gasteiger partial charge in [-0.2, -0.15) is 0 Å². The van der Waals surface area contributed by atoms with Crippen molar-refractivity contribution in [3.05, 3.63) is 48.5 Å². The maximum Gasteiger partial charge on any atom is 0.0946 e. The number of hydrogen-bond donors (Lipinski definition) is 1. The summed E-state index contributed by atoms with van der Waals surface area (Å²) in [6.07, 6.45) is 0. The lowest BCUT2D eigenvalue weighted by atomic mass is 10.3. The van der Waals surface area contributed by atoms with E-state index in [-0.39, 0.29) is 0 Å². The van der Waals surface area contributed by atoms with Gasteiger partial charge < -0.3 is 10.2 Å². The zero-order valence-electron chi connectivity index (χ0n) is 10.4. The number of anilines is 2. The van der Waals surface area contributed by atoms with Crippen LogP contribution in [-0.2, 0) is 0 Å². The van der Waals surface area contributed by atoms with Crippen molar-refractivity contribution in [1.29, 1.82) is 0 Å². The van der Waals surface area contributed by atoms with Gasteiger partial charge in [-0.25, -0.2) is 0 Å². The van der Waals surface area contributed by atoms with Gasteiger partial charge in [-0.3, -0.25) is 0 Å². The van der Waals surface area contributed by atoms with Crippen molar-refractivity contribution in [1.82, 2.24) is 0 Å². The summed E-state index contributed by atoms with van der Waals surface area (Å²) < 4.78 is 0. The molecule has 2 heterocycles. The van der Waals surface area contributed by atoms with Gasteiger partial charge in [0.2, 0.25) is 0 Å². The molecule has 1 N–H and O–H groups in total. The lowest BCUT2D eigenvalue weighted by Crippen LogP contribution is -2.31. The SMILES string of the molecule is c1ccc2c(c1)NC(CN1CSc3ccccc31)S2. The lowest BCUT2D eigenvalue weighted by molar-refractivity contribution is 0.872. The minimum absolute atomic E-state index is 0.448. The van der Waals surface area contributed by atoms with Crippen LogP contribution in [0.2, 0.25) is 0 Å². The van der Waals surface area contributed by atoms with Gasteiger partial charge in [0.05, 0.1) is 16.9 Å². The fraction of sp³-hybridized carbons (Fsp3) is 0.200. The minimum Gasteiger partial charge on any atom is -0.371 e. The molecule has 0 radical (unpaired) electrons. The first-order valence-electron chi connectivity index (χ1n) is 6.39. The molecule has 4 heteroatoms. The van der Waals surface area contributed by atoms with E-state index in [9.17, 15) is 0 Å². The van der Waals surface area contributed by atoms with Crippen LogP contribution in [0, 0.1) is 0 Å². The van der Waals surface area contributed by atoms with Gasteiger partial charge >= 0.3 is 0 Å². The van der Waals surface area contributed by atoms with Crippen molar-refractivity contribution in [3.63, 3.8) is 0 Å². The standard InChI is InChI=1S/C15H14N2S2/c1-3-7-13-11(5-1)16-15(19-13)9-17-10-18-14-8-4-2-6-12(14)17/h1-8,15-16H,9-10H2. The highest BCUT2D eigenvalue weighted by atomic mass is 32.2. The monoisotopic (exact) mass is 286 g/mol. The van der Waals surface area contributed by atoms with E-state index in [1.54, 1.807) is 0 Å². The smallest absolute Gasteiger partial charge is 0.0946 e. The predicted molar refractivity (Wildman–Crippen MR) is 84.2 cm³/mol. The molecule has 2 aliphatic rings. The number of benzene rings is 2. The molecule has 1 atom stereocenters. The molecule has 19 heavy (non-hydrogen) atoms. The average Bonchev–Trinajstić information content (AvgIpc) is 3.03. The Morgan fingerprint density at radius 1 is 1.05 bits per heavy atom. The summed E-state index contributed by atoms with van der Waals surface area (Å²) in [6.45, 7) is 1.04. The molecule has 0 saturated heterocycles. The van der Waals surface area contributed by atoms with Gasteiger partial charge in [-0.15, -0.1) is 11.8 Å². The fourth-order valence-corrected chi connectivity index (χ4v) is 4.75. The highest BCUT2D eigenvalue weighted by Crippen LogP contribution is 2.42. The molecule has 1 unspecified atom stereocenters. The topological polar surface area (TPSA) is 15.3 Å². The van der Waals surface area contributed by atoms with Crippen molar-refractivity contribution < 1.29 is 0 Å². The summed E-state index contributed by atoms with van der Waals surface area (Å²) in [7, 11) is 0. The fourth-order valence-electron chi connectivity index (χ4n) is 2.54. The van der Waals surface area contributed by atoms with Crippen molar-refractivity contribution in [3.8, 4) is 0 Å². The number of para-hydroxylation sites is 2. The van der Waals surface area contributed by atoms with Crippen molar-refractivity contribution in [2.45, 2.75) is 15.2 Å². The van der Waals surface area contributed by atoms with Crippen LogP contribution in [0.4, 0.5) is 11.4 Å². The summed E-state index contributed by atoms with van der Waals surface area (Å²) in [5.74, 6) is 1.06. The Labute approximate surface area is 121 Å². The van der Waals surface area contributed by atoms with Crippen LogP contribution in [0.3, 0.4) is 0 Å². The van der Waals surface area contributed by atoms with Gasteiger partial charge in [0.15, 0.2) is 0 Å². The average molecular weight is 286 g/mol. The van der Waals surface area contributed by atoms with Gasteiger partial charge in [-0.05, 0) is 24.3 Å². The Morgan fingerprint density at radius 3 is 2.74 bits per heavy atom.